The Labute approximate surface area is 124 Å². The molecule has 1 aromatic heterocycles. The molecule has 0 radical (unpaired) electrons. The third-order valence-electron chi connectivity index (χ3n) is 3.78. The molecule has 1 fully saturated rings. The van der Waals surface area contributed by atoms with Crippen LogP contribution in [0.4, 0.5) is 5.82 Å². The van der Waals surface area contributed by atoms with Gasteiger partial charge in [-0.1, -0.05) is 30.3 Å². The van der Waals surface area contributed by atoms with Gasteiger partial charge in [-0.2, -0.15) is 0 Å². The molecule has 0 spiro atoms. The van der Waals surface area contributed by atoms with Crippen molar-refractivity contribution in [2.45, 2.75) is 18.6 Å². The van der Waals surface area contributed by atoms with E-state index in [0.29, 0.717) is 12.6 Å². The van der Waals surface area contributed by atoms with Gasteiger partial charge in [-0.05, 0) is 6.42 Å². The number of β-amino-alcohol motifs (C(OH)–C–C–N with tert-alkyl or cyclic N) is 1. The van der Waals surface area contributed by atoms with Crippen LogP contribution >= 0.6 is 0 Å². The van der Waals surface area contributed by atoms with Crippen molar-refractivity contribution < 1.29 is 5.11 Å². The molecule has 0 saturated carbocycles. The van der Waals surface area contributed by atoms with E-state index in [1.807, 2.05) is 37.4 Å². The van der Waals surface area contributed by atoms with Gasteiger partial charge in [0.15, 0.2) is 0 Å². The Hall–Kier alpha value is -1.98. The van der Waals surface area contributed by atoms with Crippen molar-refractivity contribution in [3.63, 3.8) is 0 Å². The molecule has 2 heterocycles. The first-order chi connectivity index (χ1) is 10.2. The second-order valence-corrected chi connectivity index (χ2v) is 5.50. The van der Waals surface area contributed by atoms with E-state index in [4.69, 9.17) is 0 Å². The number of nitrogens with zero attached hydrogens (tertiary/aromatic N) is 3. The highest BCUT2D eigenvalue weighted by Gasteiger charge is 2.23. The number of hydrogen-bond donors (Lipinski definition) is 2. The number of aromatic nitrogens is 2. The molecule has 1 aliphatic rings. The zero-order chi connectivity index (χ0) is 14.7. The maximum Gasteiger partial charge on any atom is 0.147 e. The van der Waals surface area contributed by atoms with Gasteiger partial charge in [-0.15, -0.1) is 0 Å². The Bertz CT molecular complexity index is 590. The van der Waals surface area contributed by atoms with Crippen LogP contribution in [0.15, 0.2) is 42.7 Å². The van der Waals surface area contributed by atoms with E-state index >= 15 is 0 Å². The highest BCUT2D eigenvalue weighted by molar-refractivity contribution is 5.59. The molecule has 2 atom stereocenters. The average Bonchev–Trinajstić information content (AvgIpc) is 2.93. The van der Waals surface area contributed by atoms with E-state index in [1.54, 1.807) is 12.4 Å². The predicted molar refractivity (Wildman–Crippen MR) is 83.2 cm³/mol. The SMILES string of the molecule is CN(C[C@@H]1C[C@@H](O)CN1)c1cncc(-c2ccccc2)n1. The summed E-state index contributed by atoms with van der Waals surface area (Å²) in [7, 11) is 2.01. The molecule has 1 saturated heterocycles. The van der Waals surface area contributed by atoms with Crippen molar-refractivity contribution in [1.82, 2.24) is 15.3 Å². The molecule has 1 aromatic carbocycles. The summed E-state index contributed by atoms with van der Waals surface area (Å²) in [5.74, 6) is 0.847. The lowest BCUT2D eigenvalue weighted by atomic mass is 10.1. The van der Waals surface area contributed by atoms with E-state index in [9.17, 15) is 5.11 Å². The van der Waals surface area contributed by atoms with E-state index < -0.39 is 0 Å². The fraction of sp³-hybridized carbons (Fsp3) is 0.375. The standard InChI is InChI=1S/C16H20N4O/c1-20(11-13-7-14(21)8-18-13)16-10-17-9-15(19-16)12-5-3-2-4-6-12/h2-6,9-10,13-14,18,21H,7-8,11H2,1H3/t13-,14+/m0/s1. The molecule has 0 unspecified atom stereocenters. The van der Waals surface area contributed by atoms with Crippen LogP contribution in [0.5, 0.6) is 0 Å². The molecule has 5 heteroatoms. The minimum atomic E-state index is -0.231. The summed E-state index contributed by atoms with van der Waals surface area (Å²) in [4.78, 5) is 11.1. The van der Waals surface area contributed by atoms with Crippen molar-refractivity contribution in [2.75, 3.05) is 25.0 Å². The van der Waals surface area contributed by atoms with Crippen LogP contribution in [0.2, 0.25) is 0 Å². The number of rotatable bonds is 4. The molecule has 2 aromatic rings. The van der Waals surface area contributed by atoms with Gasteiger partial charge in [-0.25, -0.2) is 4.98 Å². The van der Waals surface area contributed by atoms with Crippen LogP contribution in [-0.2, 0) is 0 Å². The Kier molecular flexibility index (Phi) is 4.13. The maximum atomic E-state index is 9.57. The lowest BCUT2D eigenvalue weighted by Gasteiger charge is -2.22. The van der Waals surface area contributed by atoms with Crippen LogP contribution in [0, 0.1) is 0 Å². The van der Waals surface area contributed by atoms with Gasteiger partial charge >= 0.3 is 0 Å². The van der Waals surface area contributed by atoms with Crippen molar-refractivity contribution in [2.24, 2.45) is 0 Å². The lowest BCUT2D eigenvalue weighted by molar-refractivity contribution is 0.193. The highest BCUT2D eigenvalue weighted by Crippen LogP contribution is 2.19. The Morgan fingerprint density at radius 1 is 1.29 bits per heavy atom. The van der Waals surface area contributed by atoms with Gasteiger partial charge < -0.3 is 15.3 Å². The summed E-state index contributed by atoms with van der Waals surface area (Å²) in [5, 5.41) is 12.9. The smallest absolute Gasteiger partial charge is 0.147 e. The van der Waals surface area contributed by atoms with Gasteiger partial charge in [0.25, 0.3) is 0 Å². The van der Waals surface area contributed by atoms with Crippen molar-refractivity contribution >= 4 is 5.82 Å². The highest BCUT2D eigenvalue weighted by atomic mass is 16.3. The molecule has 0 bridgehead atoms. The van der Waals surface area contributed by atoms with Gasteiger partial charge in [0, 0.05) is 31.7 Å². The van der Waals surface area contributed by atoms with Crippen LogP contribution in [0.1, 0.15) is 6.42 Å². The fourth-order valence-electron chi connectivity index (χ4n) is 2.65. The summed E-state index contributed by atoms with van der Waals surface area (Å²) < 4.78 is 0. The third kappa shape index (κ3) is 3.37. The molecule has 21 heavy (non-hydrogen) atoms. The van der Waals surface area contributed by atoms with Crippen LogP contribution in [-0.4, -0.2) is 47.4 Å². The molecule has 0 amide bonds. The topological polar surface area (TPSA) is 61.3 Å². The molecule has 2 N–H and O–H groups in total. The molecule has 5 nitrogen and oxygen atoms in total. The minimum absolute atomic E-state index is 0.231. The predicted octanol–water partition coefficient (Wildman–Crippen LogP) is 1.30. The number of aliphatic hydroxyl groups is 1. The summed E-state index contributed by atoms with van der Waals surface area (Å²) in [6.07, 6.45) is 4.11. The first-order valence-corrected chi connectivity index (χ1v) is 7.22. The van der Waals surface area contributed by atoms with Gasteiger partial charge in [0.2, 0.25) is 0 Å². The van der Waals surface area contributed by atoms with E-state index in [-0.39, 0.29) is 6.10 Å². The Morgan fingerprint density at radius 3 is 2.81 bits per heavy atom. The second-order valence-electron chi connectivity index (χ2n) is 5.50. The van der Waals surface area contributed by atoms with Crippen molar-refractivity contribution in [1.29, 1.82) is 0 Å². The van der Waals surface area contributed by atoms with Gasteiger partial charge in [0.1, 0.15) is 5.82 Å². The van der Waals surface area contributed by atoms with E-state index in [1.165, 1.54) is 0 Å². The van der Waals surface area contributed by atoms with Crippen LogP contribution in [0.25, 0.3) is 11.3 Å². The summed E-state index contributed by atoms with van der Waals surface area (Å²) in [5.41, 5.74) is 1.94. The van der Waals surface area contributed by atoms with Gasteiger partial charge in [0.05, 0.1) is 24.2 Å². The largest absolute Gasteiger partial charge is 0.392 e. The Balaban J connectivity index is 1.73. The minimum Gasteiger partial charge on any atom is -0.392 e. The first-order valence-electron chi connectivity index (χ1n) is 7.22. The van der Waals surface area contributed by atoms with Crippen LogP contribution < -0.4 is 10.2 Å². The second kappa shape index (κ2) is 6.20. The number of nitrogens with one attached hydrogen (secondary N) is 1. The number of likely N-dealkylation sites (N-methyl/N-ethyl adjacent to an activating group) is 1. The zero-order valence-corrected chi connectivity index (χ0v) is 12.1. The van der Waals surface area contributed by atoms with Gasteiger partial charge in [-0.3, -0.25) is 4.98 Å². The Morgan fingerprint density at radius 2 is 2.10 bits per heavy atom. The number of anilines is 1. The van der Waals surface area contributed by atoms with Crippen molar-refractivity contribution in [3.8, 4) is 11.3 Å². The van der Waals surface area contributed by atoms with Crippen molar-refractivity contribution in [3.05, 3.63) is 42.7 Å². The summed E-state index contributed by atoms with van der Waals surface area (Å²) in [6, 6.07) is 10.3. The molecule has 3 rings (SSSR count). The normalized spacial score (nSPS) is 21.4. The van der Waals surface area contributed by atoms with E-state index in [2.05, 4.69) is 20.2 Å². The molecular weight excluding hydrogens is 264 g/mol. The molecule has 110 valence electrons. The summed E-state index contributed by atoms with van der Waals surface area (Å²) >= 11 is 0. The molecule has 0 aliphatic carbocycles. The summed E-state index contributed by atoms with van der Waals surface area (Å²) in [6.45, 7) is 1.48. The number of benzene rings is 1. The molecular formula is C16H20N4O. The quantitative estimate of drug-likeness (QED) is 0.886. The first kappa shape index (κ1) is 14.0. The van der Waals surface area contributed by atoms with Crippen LogP contribution in [0.3, 0.4) is 0 Å². The monoisotopic (exact) mass is 284 g/mol. The average molecular weight is 284 g/mol. The lowest BCUT2D eigenvalue weighted by Crippen LogP contribution is -2.35. The molecule has 1 aliphatic heterocycles. The maximum absolute atomic E-state index is 9.57. The number of hydrogen-bond acceptors (Lipinski definition) is 5. The zero-order valence-electron chi connectivity index (χ0n) is 12.1. The number of aliphatic hydroxyl groups excluding tert-OH is 1. The third-order valence-corrected chi connectivity index (χ3v) is 3.78. The van der Waals surface area contributed by atoms with E-state index in [0.717, 1.165) is 30.0 Å². The fourth-order valence-corrected chi connectivity index (χ4v) is 2.65.